The van der Waals surface area contributed by atoms with Gasteiger partial charge in [-0.25, -0.2) is 9.78 Å². The summed E-state index contributed by atoms with van der Waals surface area (Å²) < 4.78 is 15.8. The molecule has 2 N–H and O–H groups in total. The number of nitrogens with zero attached hydrogens (tertiary/aromatic N) is 2. The van der Waals surface area contributed by atoms with Crippen molar-refractivity contribution in [2.45, 2.75) is 13.0 Å². The third kappa shape index (κ3) is 4.77. The molecule has 1 atom stereocenters. The predicted molar refractivity (Wildman–Crippen MR) is 122 cm³/mol. The van der Waals surface area contributed by atoms with Gasteiger partial charge in [0.25, 0.3) is 5.91 Å². The van der Waals surface area contributed by atoms with Gasteiger partial charge in [-0.05, 0) is 49.4 Å². The van der Waals surface area contributed by atoms with Crippen molar-refractivity contribution in [3.8, 4) is 22.9 Å². The molecule has 1 amide bonds. The Labute approximate surface area is 189 Å². The average molecular weight is 446 g/mol. The number of hydrogen-bond acceptors (Lipinski definition) is 7. The summed E-state index contributed by atoms with van der Waals surface area (Å²) in [5.41, 5.74) is 2.90. The molecule has 1 unspecified atom stereocenters. The molecule has 9 heteroatoms. The number of ether oxygens (including phenoxy) is 3. The first-order chi connectivity index (χ1) is 16.0. The molecule has 0 radical (unpaired) electrons. The Morgan fingerprint density at radius 3 is 2.64 bits per heavy atom. The lowest BCUT2D eigenvalue weighted by molar-refractivity contribution is -0.123. The Bertz CT molecular complexity index is 1300. The number of rotatable bonds is 7. The van der Waals surface area contributed by atoms with Gasteiger partial charge in [0, 0.05) is 24.0 Å². The van der Waals surface area contributed by atoms with Crippen LogP contribution in [0.1, 0.15) is 17.3 Å². The predicted octanol–water partition coefficient (Wildman–Crippen LogP) is 3.83. The lowest BCUT2D eigenvalue weighted by atomic mass is 10.2. The molecule has 9 nitrogen and oxygen atoms in total. The highest BCUT2D eigenvalue weighted by atomic mass is 16.5. The Balaban J connectivity index is 1.47. The molecule has 4 aromatic rings. The van der Waals surface area contributed by atoms with E-state index in [1.54, 1.807) is 48.8 Å². The summed E-state index contributed by atoms with van der Waals surface area (Å²) in [6.45, 7) is 1.50. The van der Waals surface area contributed by atoms with Crippen molar-refractivity contribution in [1.29, 1.82) is 0 Å². The highest BCUT2D eigenvalue weighted by molar-refractivity contribution is 5.99. The number of anilines is 1. The van der Waals surface area contributed by atoms with Gasteiger partial charge in [-0.3, -0.25) is 9.78 Å². The van der Waals surface area contributed by atoms with Crippen molar-refractivity contribution < 1.29 is 23.8 Å². The van der Waals surface area contributed by atoms with Gasteiger partial charge in [-0.15, -0.1) is 0 Å². The van der Waals surface area contributed by atoms with Crippen molar-refractivity contribution in [2.24, 2.45) is 0 Å². The van der Waals surface area contributed by atoms with E-state index in [0.29, 0.717) is 39.6 Å². The molecule has 0 aliphatic rings. The van der Waals surface area contributed by atoms with Crippen molar-refractivity contribution >= 4 is 28.6 Å². The SMILES string of the molecule is COc1ccc(OC)c(NC(=O)C(C)OC(=O)c2ccc3nc(-c4cccnc4)[nH]c3c2)c1. The number of hydrogen-bond donors (Lipinski definition) is 2. The van der Waals surface area contributed by atoms with Crippen LogP contribution in [0.4, 0.5) is 5.69 Å². The molecule has 33 heavy (non-hydrogen) atoms. The van der Waals surface area contributed by atoms with Crippen LogP contribution in [0.5, 0.6) is 11.5 Å². The summed E-state index contributed by atoms with van der Waals surface area (Å²) in [7, 11) is 3.01. The van der Waals surface area contributed by atoms with E-state index in [4.69, 9.17) is 14.2 Å². The molecule has 168 valence electrons. The quantitative estimate of drug-likeness (QED) is 0.415. The van der Waals surface area contributed by atoms with Crippen LogP contribution in [-0.4, -0.2) is 47.2 Å². The molecule has 0 fully saturated rings. The van der Waals surface area contributed by atoms with Gasteiger partial charge in [-0.2, -0.15) is 0 Å². The summed E-state index contributed by atoms with van der Waals surface area (Å²) in [4.78, 5) is 37.1. The number of benzene rings is 2. The summed E-state index contributed by atoms with van der Waals surface area (Å²) in [5, 5.41) is 2.70. The molecule has 0 bridgehead atoms. The van der Waals surface area contributed by atoms with Crippen molar-refractivity contribution in [2.75, 3.05) is 19.5 Å². The number of imidazole rings is 1. The minimum Gasteiger partial charge on any atom is -0.497 e. The molecule has 2 heterocycles. The fraction of sp³-hybridized carbons (Fsp3) is 0.167. The summed E-state index contributed by atoms with van der Waals surface area (Å²) in [5.74, 6) is 0.515. The highest BCUT2D eigenvalue weighted by Gasteiger charge is 2.21. The van der Waals surface area contributed by atoms with E-state index in [9.17, 15) is 9.59 Å². The Kier molecular flexibility index (Phi) is 6.21. The number of nitrogens with one attached hydrogen (secondary N) is 2. The number of fused-ring (bicyclic) bond motifs is 1. The third-order valence-corrected chi connectivity index (χ3v) is 4.97. The first kappa shape index (κ1) is 21.8. The summed E-state index contributed by atoms with van der Waals surface area (Å²) in [6.07, 6.45) is 2.34. The van der Waals surface area contributed by atoms with Crippen molar-refractivity contribution in [1.82, 2.24) is 15.0 Å². The van der Waals surface area contributed by atoms with Crippen LogP contribution in [-0.2, 0) is 9.53 Å². The van der Waals surface area contributed by atoms with Gasteiger partial charge in [0.1, 0.15) is 17.3 Å². The number of amides is 1. The van der Waals surface area contributed by atoms with E-state index in [-0.39, 0.29) is 0 Å². The topological polar surface area (TPSA) is 115 Å². The van der Waals surface area contributed by atoms with Crippen LogP contribution >= 0.6 is 0 Å². The number of H-pyrrole nitrogens is 1. The molecule has 0 saturated heterocycles. The van der Waals surface area contributed by atoms with E-state index >= 15 is 0 Å². The summed E-state index contributed by atoms with van der Waals surface area (Å²) >= 11 is 0. The normalized spacial score (nSPS) is 11.6. The second-order valence-electron chi connectivity index (χ2n) is 7.16. The lowest BCUT2D eigenvalue weighted by Gasteiger charge is -2.16. The number of carbonyl (C=O) groups is 2. The maximum absolute atomic E-state index is 12.7. The van der Waals surface area contributed by atoms with E-state index < -0.39 is 18.0 Å². The van der Waals surface area contributed by atoms with Gasteiger partial charge in [0.15, 0.2) is 6.10 Å². The molecule has 2 aromatic carbocycles. The minimum absolute atomic E-state index is 0.294. The Morgan fingerprint density at radius 2 is 1.91 bits per heavy atom. The Hall–Kier alpha value is -4.40. The molecule has 0 spiro atoms. The fourth-order valence-electron chi connectivity index (χ4n) is 3.20. The number of aromatic amines is 1. The largest absolute Gasteiger partial charge is 0.497 e. The zero-order chi connectivity index (χ0) is 23.4. The smallest absolute Gasteiger partial charge is 0.338 e. The standard InChI is InChI=1S/C24H22N4O5/c1-14(23(29)28-20-12-17(31-2)7-9-21(20)32-3)33-24(30)15-6-8-18-19(11-15)27-22(26-18)16-5-4-10-25-13-16/h4-14H,1-3H3,(H,26,27)(H,28,29). The molecule has 0 aliphatic heterocycles. The molecular formula is C24H22N4O5. The minimum atomic E-state index is -1.04. The van der Waals surface area contributed by atoms with Gasteiger partial charge in [0.2, 0.25) is 0 Å². The van der Waals surface area contributed by atoms with E-state index in [2.05, 4.69) is 20.3 Å². The monoisotopic (exact) mass is 446 g/mol. The number of aromatic nitrogens is 3. The van der Waals surface area contributed by atoms with E-state index in [1.165, 1.54) is 21.1 Å². The Morgan fingerprint density at radius 1 is 1.06 bits per heavy atom. The van der Waals surface area contributed by atoms with Crippen LogP contribution in [0.2, 0.25) is 0 Å². The van der Waals surface area contributed by atoms with Crippen LogP contribution in [0.25, 0.3) is 22.4 Å². The first-order valence-corrected chi connectivity index (χ1v) is 10.1. The fourth-order valence-corrected chi connectivity index (χ4v) is 3.20. The molecule has 2 aromatic heterocycles. The van der Waals surface area contributed by atoms with Crippen molar-refractivity contribution in [3.05, 3.63) is 66.5 Å². The molecule has 0 aliphatic carbocycles. The average Bonchev–Trinajstić information content (AvgIpc) is 3.28. The number of methoxy groups -OCH3 is 2. The maximum Gasteiger partial charge on any atom is 0.338 e. The second-order valence-corrected chi connectivity index (χ2v) is 7.16. The zero-order valence-electron chi connectivity index (χ0n) is 18.3. The van der Waals surface area contributed by atoms with Crippen LogP contribution in [0, 0.1) is 0 Å². The van der Waals surface area contributed by atoms with Gasteiger partial charge in [0.05, 0.1) is 36.5 Å². The van der Waals surface area contributed by atoms with Gasteiger partial charge in [-0.1, -0.05) is 0 Å². The van der Waals surface area contributed by atoms with Crippen LogP contribution in [0.3, 0.4) is 0 Å². The molecular weight excluding hydrogens is 424 g/mol. The van der Waals surface area contributed by atoms with E-state index in [1.807, 2.05) is 12.1 Å². The summed E-state index contributed by atoms with van der Waals surface area (Å²) in [6, 6.07) is 13.7. The molecule has 4 rings (SSSR count). The first-order valence-electron chi connectivity index (χ1n) is 10.1. The van der Waals surface area contributed by atoms with Gasteiger partial charge < -0.3 is 24.5 Å². The highest BCUT2D eigenvalue weighted by Crippen LogP contribution is 2.29. The van der Waals surface area contributed by atoms with E-state index in [0.717, 1.165) is 5.56 Å². The van der Waals surface area contributed by atoms with Gasteiger partial charge >= 0.3 is 5.97 Å². The maximum atomic E-state index is 12.7. The lowest BCUT2D eigenvalue weighted by Crippen LogP contribution is -2.30. The second kappa shape index (κ2) is 9.39. The molecule has 0 saturated carbocycles. The van der Waals surface area contributed by atoms with Crippen LogP contribution in [0.15, 0.2) is 60.9 Å². The third-order valence-electron chi connectivity index (χ3n) is 4.97. The zero-order valence-corrected chi connectivity index (χ0v) is 18.3. The van der Waals surface area contributed by atoms with Crippen molar-refractivity contribution in [3.63, 3.8) is 0 Å². The van der Waals surface area contributed by atoms with Crippen LogP contribution < -0.4 is 14.8 Å². The number of carbonyl (C=O) groups excluding carboxylic acids is 2. The number of pyridine rings is 1. The number of esters is 1.